The van der Waals surface area contributed by atoms with Crippen LogP contribution in [-0.4, -0.2) is 20.4 Å². The van der Waals surface area contributed by atoms with Gasteiger partial charge in [-0.25, -0.2) is 18.7 Å². The van der Waals surface area contributed by atoms with Gasteiger partial charge in [-0.05, 0) is 36.8 Å². The van der Waals surface area contributed by atoms with Gasteiger partial charge in [0.2, 0.25) is 5.91 Å². The summed E-state index contributed by atoms with van der Waals surface area (Å²) in [5.41, 5.74) is 2.20. The van der Waals surface area contributed by atoms with Crippen LogP contribution in [0.1, 0.15) is 12.0 Å². The molecular weight excluding hydrogens is 410 g/mol. The molecule has 0 saturated heterocycles. The molecule has 4 aromatic rings. The molecule has 0 saturated carbocycles. The molecule has 2 aromatic carbocycles. The van der Waals surface area contributed by atoms with Crippen LogP contribution in [0.5, 0.6) is 0 Å². The highest BCUT2D eigenvalue weighted by Crippen LogP contribution is 2.26. The van der Waals surface area contributed by atoms with Crippen molar-refractivity contribution in [3.8, 4) is 11.3 Å². The highest BCUT2D eigenvalue weighted by atomic mass is 32.1. The van der Waals surface area contributed by atoms with Gasteiger partial charge in [-0.2, -0.15) is 0 Å². The van der Waals surface area contributed by atoms with E-state index >= 15 is 0 Å². The third-order valence-corrected chi connectivity index (χ3v) is 5.36. The summed E-state index contributed by atoms with van der Waals surface area (Å²) in [4.78, 5) is 33.4. The number of halogens is 2. The maximum Gasteiger partial charge on any atom is 0.261 e. The van der Waals surface area contributed by atoms with Gasteiger partial charge < -0.3 is 5.32 Å². The van der Waals surface area contributed by atoms with E-state index in [1.165, 1.54) is 28.3 Å². The third-order valence-electron chi connectivity index (χ3n) is 4.60. The van der Waals surface area contributed by atoms with E-state index in [0.29, 0.717) is 27.3 Å². The fourth-order valence-corrected chi connectivity index (χ4v) is 3.76. The second-order valence-electron chi connectivity index (χ2n) is 6.68. The minimum atomic E-state index is -0.962. The summed E-state index contributed by atoms with van der Waals surface area (Å²) in [5, 5.41) is 5.14. The lowest BCUT2D eigenvalue weighted by molar-refractivity contribution is -0.116. The predicted molar refractivity (Wildman–Crippen MR) is 111 cm³/mol. The first kappa shape index (κ1) is 19.8. The second kappa shape index (κ2) is 8.11. The summed E-state index contributed by atoms with van der Waals surface area (Å²) in [5.74, 6) is -2.22. The quantitative estimate of drug-likeness (QED) is 0.521. The van der Waals surface area contributed by atoms with Gasteiger partial charge >= 0.3 is 0 Å². The predicted octanol–water partition coefficient (Wildman–Crippen LogP) is 4.14. The number of hydrogen-bond acceptors (Lipinski definition) is 5. The number of aromatic nitrogens is 3. The Kier molecular flexibility index (Phi) is 5.37. The van der Waals surface area contributed by atoms with Crippen molar-refractivity contribution in [2.45, 2.75) is 19.9 Å². The topological polar surface area (TPSA) is 76.9 Å². The Bertz CT molecular complexity index is 1320. The molecule has 6 nitrogen and oxygen atoms in total. The number of nitrogens with one attached hydrogen (secondary N) is 1. The lowest BCUT2D eigenvalue weighted by atomic mass is 10.1. The van der Waals surface area contributed by atoms with Gasteiger partial charge in [0.25, 0.3) is 5.56 Å². The number of nitrogens with zero attached hydrogens (tertiary/aromatic N) is 3. The fourth-order valence-electron chi connectivity index (χ4n) is 3.02. The number of amides is 1. The molecule has 1 amide bonds. The van der Waals surface area contributed by atoms with Crippen LogP contribution < -0.4 is 10.9 Å². The Balaban J connectivity index is 1.43. The molecule has 2 heterocycles. The number of fused-ring (bicyclic) bond motifs is 1. The van der Waals surface area contributed by atoms with E-state index in [1.807, 2.05) is 13.0 Å². The highest BCUT2D eigenvalue weighted by Gasteiger charge is 2.12. The van der Waals surface area contributed by atoms with Gasteiger partial charge in [0.1, 0.15) is 0 Å². The molecule has 0 unspecified atom stereocenters. The Labute approximate surface area is 173 Å². The lowest BCUT2D eigenvalue weighted by Gasteiger charge is -2.07. The van der Waals surface area contributed by atoms with Gasteiger partial charge in [-0.1, -0.05) is 12.1 Å². The van der Waals surface area contributed by atoms with Gasteiger partial charge in [0.05, 0.1) is 22.9 Å². The maximum atomic E-state index is 13.4. The van der Waals surface area contributed by atoms with Crippen molar-refractivity contribution >= 4 is 33.3 Å². The van der Waals surface area contributed by atoms with Crippen molar-refractivity contribution in [1.29, 1.82) is 0 Å². The van der Waals surface area contributed by atoms with E-state index in [2.05, 4.69) is 15.3 Å². The molecule has 30 heavy (non-hydrogen) atoms. The normalized spacial score (nSPS) is 11.0. The zero-order valence-electron chi connectivity index (χ0n) is 15.9. The first-order valence-electron chi connectivity index (χ1n) is 9.08. The second-order valence-corrected chi connectivity index (χ2v) is 7.54. The minimum Gasteiger partial charge on any atom is -0.302 e. The van der Waals surface area contributed by atoms with Crippen molar-refractivity contribution < 1.29 is 13.6 Å². The van der Waals surface area contributed by atoms with Crippen molar-refractivity contribution in [2.24, 2.45) is 0 Å². The molecule has 0 fully saturated rings. The SMILES string of the molecule is Cc1cccc2c(=O)n(CCC(=O)Nc3nc(-c4ccc(F)c(F)c4)cs3)cnc12. The molecule has 0 spiro atoms. The molecule has 0 bridgehead atoms. The Hall–Kier alpha value is -3.46. The number of anilines is 1. The summed E-state index contributed by atoms with van der Waals surface area (Å²) in [6.07, 6.45) is 1.49. The van der Waals surface area contributed by atoms with Crippen LogP contribution in [-0.2, 0) is 11.3 Å². The smallest absolute Gasteiger partial charge is 0.261 e. The fraction of sp³-hybridized carbons (Fsp3) is 0.143. The zero-order valence-corrected chi connectivity index (χ0v) is 16.7. The number of benzene rings is 2. The number of para-hydroxylation sites is 1. The highest BCUT2D eigenvalue weighted by molar-refractivity contribution is 7.14. The standard InChI is InChI=1S/C21H16F2N4O2S/c1-12-3-2-4-14-19(12)24-11-27(20(14)29)8-7-18(28)26-21-25-17(10-30-21)13-5-6-15(22)16(23)9-13/h2-6,9-11H,7-8H2,1H3,(H,25,26,28). The van der Waals surface area contributed by atoms with E-state index < -0.39 is 11.6 Å². The largest absolute Gasteiger partial charge is 0.302 e. The van der Waals surface area contributed by atoms with Crippen LogP contribution in [0.15, 0.2) is 52.9 Å². The molecular formula is C21H16F2N4O2S. The number of carbonyl (C=O) groups excluding carboxylic acids is 1. The lowest BCUT2D eigenvalue weighted by Crippen LogP contribution is -2.23. The Morgan fingerprint density at radius 1 is 1.20 bits per heavy atom. The van der Waals surface area contributed by atoms with Crippen molar-refractivity contribution in [2.75, 3.05) is 5.32 Å². The number of carbonyl (C=O) groups is 1. The Morgan fingerprint density at radius 3 is 2.83 bits per heavy atom. The van der Waals surface area contributed by atoms with E-state index in [4.69, 9.17) is 0 Å². The van der Waals surface area contributed by atoms with Crippen molar-refractivity contribution in [3.05, 3.63) is 75.7 Å². The van der Waals surface area contributed by atoms with Crippen molar-refractivity contribution in [1.82, 2.24) is 14.5 Å². The summed E-state index contributed by atoms with van der Waals surface area (Å²) in [7, 11) is 0. The Morgan fingerprint density at radius 2 is 2.03 bits per heavy atom. The molecule has 0 atom stereocenters. The third kappa shape index (κ3) is 3.97. The number of aryl methyl sites for hydroxylation is 2. The number of thiazole rings is 1. The summed E-state index contributed by atoms with van der Waals surface area (Å²) in [6, 6.07) is 8.89. The van der Waals surface area contributed by atoms with Crippen molar-refractivity contribution in [3.63, 3.8) is 0 Å². The molecule has 1 N–H and O–H groups in total. The van der Waals surface area contributed by atoms with Crippen LogP contribution in [0.3, 0.4) is 0 Å². The van der Waals surface area contributed by atoms with Crippen LogP contribution in [0.4, 0.5) is 13.9 Å². The summed E-state index contributed by atoms with van der Waals surface area (Å²) < 4.78 is 27.9. The van der Waals surface area contributed by atoms with Crippen LogP contribution in [0.2, 0.25) is 0 Å². The van der Waals surface area contributed by atoms with Crippen LogP contribution in [0, 0.1) is 18.6 Å². The molecule has 4 rings (SSSR count). The summed E-state index contributed by atoms with van der Waals surface area (Å²) in [6.45, 7) is 2.05. The zero-order chi connectivity index (χ0) is 21.3. The molecule has 0 aliphatic heterocycles. The molecule has 0 aliphatic carbocycles. The first-order chi connectivity index (χ1) is 14.4. The number of hydrogen-bond donors (Lipinski definition) is 1. The van der Waals surface area contributed by atoms with E-state index in [-0.39, 0.29) is 24.4 Å². The average molecular weight is 426 g/mol. The van der Waals surface area contributed by atoms with Gasteiger partial charge in [0.15, 0.2) is 16.8 Å². The van der Waals surface area contributed by atoms with E-state index in [9.17, 15) is 18.4 Å². The molecule has 152 valence electrons. The maximum absolute atomic E-state index is 13.4. The molecule has 0 aliphatic rings. The minimum absolute atomic E-state index is 0.0546. The molecule has 0 radical (unpaired) electrons. The number of rotatable bonds is 5. The van der Waals surface area contributed by atoms with E-state index in [1.54, 1.807) is 17.5 Å². The van der Waals surface area contributed by atoms with Gasteiger partial charge in [0, 0.05) is 23.9 Å². The van der Waals surface area contributed by atoms with Gasteiger partial charge in [-0.15, -0.1) is 11.3 Å². The molecule has 9 heteroatoms. The first-order valence-corrected chi connectivity index (χ1v) is 9.96. The van der Waals surface area contributed by atoms with E-state index in [0.717, 1.165) is 17.7 Å². The van der Waals surface area contributed by atoms with Crippen LogP contribution >= 0.6 is 11.3 Å². The monoisotopic (exact) mass is 426 g/mol. The van der Waals surface area contributed by atoms with Gasteiger partial charge in [-0.3, -0.25) is 14.2 Å². The molecule has 2 aromatic heterocycles. The average Bonchev–Trinajstić information content (AvgIpc) is 3.18. The van der Waals surface area contributed by atoms with Crippen LogP contribution in [0.25, 0.3) is 22.2 Å². The summed E-state index contributed by atoms with van der Waals surface area (Å²) >= 11 is 1.17.